The summed E-state index contributed by atoms with van der Waals surface area (Å²) in [5.74, 6) is 1.10. The number of nitriles is 1. The molecule has 0 unspecified atom stereocenters. The van der Waals surface area contributed by atoms with Crippen molar-refractivity contribution in [2.24, 2.45) is 11.0 Å². The topological polar surface area (TPSA) is 72.9 Å². The number of nitrogens with zero attached hydrogens (tertiary/aromatic N) is 4. The van der Waals surface area contributed by atoms with Crippen molar-refractivity contribution in [1.82, 2.24) is 5.43 Å². The summed E-state index contributed by atoms with van der Waals surface area (Å²) in [5, 5.41) is 16.1. The average Bonchev–Trinajstić information content (AvgIpc) is 3.49. The number of anilines is 1. The molecule has 1 saturated heterocycles. The second kappa shape index (κ2) is 9.24. The van der Waals surface area contributed by atoms with Crippen molar-refractivity contribution in [3.05, 3.63) is 120 Å². The van der Waals surface area contributed by atoms with Crippen LogP contribution in [0.4, 0.5) is 11.4 Å². The first kappa shape index (κ1) is 23.6. The van der Waals surface area contributed by atoms with Gasteiger partial charge in [0.25, 0.3) is 11.4 Å². The maximum atomic E-state index is 10.7. The zero-order valence-corrected chi connectivity index (χ0v) is 21.3. The highest BCUT2D eigenvalue weighted by molar-refractivity contribution is 5.60. The van der Waals surface area contributed by atoms with Crippen molar-refractivity contribution in [3.63, 3.8) is 0 Å². The van der Waals surface area contributed by atoms with E-state index < -0.39 is 17.1 Å². The molecule has 0 amide bonds. The number of hydrazine groups is 1. The van der Waals surface area contributed by atoms with Crippen LogP contribution < -0.4 is 19.8 Å². The van der Waals surface area contributed by atoms with Gasteiger partial charge in [0, 0.05) is 39.8 Å². The summed E-state index contributed by atoms with van der Waals surface area (Å²) >= 11 is 0. The van der Waals surface area contributed by atoms with E-state index in [4.69, 9.17) is 14.6 Å². The van der Waals surface area contributed by atoms with E-state index in [1.165, 1.54) is 0 Å². The molecule has 4 aromatic rings. The minimum absolute atomic E-state index is 0.431. The number of ether oxygens (including phenoxy) is 2. The first-order chi connectivity index (χ1) is 18.7. The number of rotatable bonds is 6. The standard InChI is InChI=1S/C31H28N5O2/c1-37-28-17-13-26(14-18-28)35-22-25(21-32)30(23-9-5-3-6-10-23)31(35,24-11-7-4-8-12-24)34-36(33-30)27-15-19-29(38-2)20-16-27/h3-20,25H,22H2,1-2H3,(H,33,34)/q+1/t25-,30+,31-/m1/s1. The molecular formula is C31H28N5O2+. The Kier molecular flexibility index (Phi) is 5.73. The first-order valence-corrected chi connectivity index (χ1v) is 12.5. The summed E-state index contributed by atoms with van der Waals surface area (Å²) in [4.78, 5) is 4.07. The fraction of sp³-hybridized carbons (Fsp3) is 0.194. The molecule has 38 heavy (non-hydrogen) atoms. The highest BCUT2D eigenvalue weighted by Gasteiger charge is 2.75. The van der Waals surface area contributed by atoms with Crippen molar-refractivity contribution >= 4 is 11.4 Å². The molecule has 0 radical (unpaired) electrons. The molecule has 1 N–H and O–H groups in total. The molecule has 2 aliphatic rings. The zero-order valence-electron chi connectivity index (χ0n) is 21.3. The van der Waals surface area contributed by atoms with Gasteiger partial charge in [-0.05, 0) is 42.0 Å². The number of hydrogen-bond donors (Lipinski definition) is 1. The van der Waals surface area contributed by atoms with E-state index >= 15 is 0 Å². The summed E-state index contributed by atoms with van der Waals surface area (Å²) in [6, 6.07) is 38.8. The molecule has 4 aromatic carbocycles. The molecule has 2 aliphatic heterocycles. The lowest BCUT2D eigenvalue weighted by atomic mass is 9.71. The monoisotopic (exact) mass is 502 g/mol. The van der Waals surface area contributed by atoms with Gasteiger partial charge >= 0.3 is 0 Å². The molecular weight excluding hydrogens is 474 g/mol. The average molecular weight is 503 g/mol. The first-order valence-electron chi connectivity index (χ1n) is 12.5. The Balaban J connectivity index is 1.66. The molecule has 2 heterocycles. The van der Waals surface area contributed by atoms with Gasteiger partial charge in [-0.1, -0.05) is 60.7 Å². The van der Waals surface area contributed by atoms with Crippen LogP contribution in [-0.4, -0.2) is 25.6 Å². The van der Waals surface area contributed by atoms with E-state index in [9.17, 15) is 5.26 Å². The third kappa shape index (κ3) is 3.34. The molecule has 0 aromatic heterocycles. The van der Waals surface area contributed by atoms with Crippen molar-refractivity contribution in [2.75, 3.05) is 25.7 Å². The molecule has 3 atom stereocenters. The number of benzene rings is 4. The summed E-state index contributed by atoms with van der Waals surface area (Å²) in [6.07, 6.45) is 0. The molecule has 7 heteroatoms. The molecule has 0 aliphatic carbocycles. The molecule has 6 rings (SSSR count). The highest BCUT2D eigenvalue weighted by atomic mass is 16.5. The normalized spacial score (nSPS) is 23.7. The minimum Gasteiger partial charge on any atom is -0.497 e. The maximum Gasteiger partial charge on any atom is 0.265 e. The third-order valence-corrected chi connectivity index (χ3v) is 7.62. The van der Waals surface area contributed by atoms with Crippen LogP contribution in [0.5, 0.6) is 11.5 Å². The van der Waals surface area contributed by atoms with Gasteiger partial charge in [-0.2, -0.15) is 10.7 Å². The van der Waals surface area contributed by atoms with E-state index in [0.29, 0.717) is 6.54 Å². The zero-order chi connectivity index (χ0) is 26.2. The molecule has 7 nitrogen and oxygen atoms in total. The Morgan fingerprint density at radius 2 is 1.37 bits per heavy atom. The molecule has 1 fully saturated rings. The second-order valence-corrected chi connectivity index (χ2v) is 9.42. The fourth-order valence-electron chi connectivity index (χ4n) is 5.85. The van der Waals surface area contributed by atoms with Gasteiger partial charge < -0.3 is 14.4 Å². The van der Waals surface area contributed by atoms with E-state index in [2.05, 4.69) is 40.7 Å². The van der Waals surface area contributed by atoms with Gasteiger partial charge in [0.1, 0.15) is 17.4 Å². The van der Waals surface area contributed by atoms with Crippen LogP contribution in [0, 0.1) is 17.2 Å². The van der Waals surface area contributed by atoms with Gasteiger partial charge in [-0.15, -0.1) is 0 Å². The smallest absolute Gasteiger partial charge is 0.265 e. The van der Waals surface area contributed by atoms with Crippen LogP contribution in [0.2, 0.25) is 0 Å². The molecule has 0 spiro atoms. The van der Waals surface area contributed by atoms with Crippen molar-refractivity contribution in [1.29, 1.82) is 5.26 Å². The van der Waals surface area contributed by atoms with Gasteiger partial charge in [0.15, 0.2) is 5.54 Å². The summed E-state index contributed by atoms with van der Waals surface area (Å²) in [7, 11) is 3.31. The predicted octanol–water partition coefficient (Wildman–Crippen LogP) is 5.73. The number of methoxy groups -OCH3 is 2. The van der Waals surface area contributed by atoms with Crippen LogP contribution in [0.25, 0.3) is 0 Å². The Labute approximate surface area is 222 Å². The van der Waals surface area contributed by atoms with Gasteiger partial charge in [0.2, 0.25) is 0 Å². The van der Waals surface area contributed by atoms with Crippen LogP contribution >= 0.6 is 0 Å². The fourth-order valence-corrected chi connectivity index (χ4v) is 5.85. The van der Waals surface area contributed by atoms with Crippen LogP contribution in [-0.2, 0) is 11.2 Å². The second-order valence-electron chi connectivity index (χ2n) is 9.42. The van der Waals surface area contributed by atoms with Crippen molar-refractivity contribution in [3.8, 4) is 17.6 Å². The van der Waals surface area contributed by atoms with Crippen molar-refractivity contribution < 1.29 is 14.3 Å². The van der Waals surface area contributed by atoms with Crippen molar-refractivity contribution in [2.45, 2.75) is 11.2 Å². The predicted molar refractivity (Wildman–Crippen MR) is 144 cm³/mol. The Morgan fingerprint density at radius 3 is 1.92 bits per heavy atom. The summed E-state index contributed by atoms with van der Waals surface area (Å²) < 4.78 is 10.8. The Hall–Kier alpha value is -4.83. The lowest BCUT2D eigenvalue weighted by Gasteiger charge is -2.39. The quantitative estimate of drug-likeness (QED) is 0.341. The van der Waals surface area contributed by atoms with E-state index in [-0.39, 0.29) is 0 Å². The molecule has 0 saturated carbocycles. The van der Waals surface area contributed by atoms with Crippen LogP contribution in [0.15, 0.2) is 114 Å². The lowest BCUT2D eigenvalue weighted by Crippen LogP contribution is -2.57. The number of azo groups is 1. The molecule has 0 bridgehead atoms. The van der Waals surface area contributed by atoms with E-state index in [1.54, 1.807) is 14.2 Å². The van der Waals surface area contributed by atoms with E-state index in [1.807, 2.05) is 89.7 Å². The van der Waals surface area contributed by atoms with Gasteiger partial charge in [-0.3, -0.25) is 0 Å². The van der Waals surface area contributed by atoms with E-state index in [0.717, 1.165) is 34.0 Å². The summed E-state index contributed by atoms with van der Waals surface area (Å²) in [6.45, 7) is 0.486. The maximum absolute atomic E-state index is 10.7. The third-order valence-electron chi connectivity index (χ3n) is 7.62. The number of fused-ring (bicyclic) bond motifs is 1. The van der Waals surface area contributed by atoms with Crippen LogP contribution in [0.1, 0.15) is 11.1 Å². The number of nitrogens with one attached hydrogen (secondary N) is 1. The SMILES string of the molecule is COc1ccc(N2C[C@@H](C#N)[C@]3(c4ccccc4)N[N+](c4ccc(OC)cc4)=N[C@]23c2ccccc2)cc1. The Morgan fingerprint density at radius 1 is 0.816 bits per heavy atom. The highest BCUT2D eigenvalue weighted by Crippen LogP contribution is 2.59. The minimum atomic E-state index is -0.968. The number of hydrogen-bond acceptors (Lipinski definition) is 6. The van der Waals surface area contributed by atoms with Gasteiger partial charge in [-0.25, -0.2) is 0 Å². The van der Waals surface area contributed by atoms with Crippen LogP contribution in [0.3, 0.4) is 0 Å². The largest absolute Gasteiger partial charge is 0.497 e. The molecule has 188 valence electrons. The Bertz CT molecular complexity index is 1500. The van der Waals surface area contributed by atoms with Gasteiger partial charge in [0.05, 0.1) is 20.3 Å². The lowest BCUT2D eigenvalue weighted by molar-refractivity contribution is -0.570. The summed E-state index contributed by atoms with van der Waals surface area (Å²) in [5.41, 5.74) is 5.66.